The lowest BCUT2D eigenvalue weighted by Gasteiger charge is -2.26. The van der Waals surface area contributed by atoms with Crippen LogP contribution in [0.25, 0.3) is 0 Å². The lowest BCUT2D eigenvalue weighted by molar-refractivity contribution is 0.350. The van der Waals surface area contributed by atoms with Crippen LogP contribution in [0.15, 0.2) is 40.5 Å². The lowest BCUT2D eigenvalue weighted by atomic mass is 9.81. The van der Waals surface area contributed by atoms with Crippen molar-refractivity contribution in [3.63, 3.8) is 0 Å². The minimum atomic E-state index is -0.199. The van der Waals surface area contributed by atoms with Crippen molar-refractivity contribution in [2.75, 3.05) is 0 Å². The summed E-state index contributed by atoms with van der Waals surface area (Å²) in [5.74, 6) is 1.72. The molecule has 1 aromatic rings. The third-order valence-electron chi connectivity index (χ3n) is 6.82. The van der Waals surface area contributed by atoms with E-state index < -0.39 is 0 Å². The highest BCUT2D eigenvalue weighted by Gasteiger charge is 2.29. The molecule has 136 valence electrons. The number of rotatable bonds is 5. The quantitative estimate of drug-likeness (QED) is 0.590. The van der Waals surface area contributed by atoms with Gasteiger partial charge in [0.25, 0.3) is 0 Å². The highest BCUT2D eigenvalue weighted by molar-refractivity contribution is 6.53. The van der Waals surface area contributed by atoms with E-state index >= 15 is 0 Å². The van der Waals surface area contributed by atoms with E-state index in [-0.39, 0.29) is 9.52 Å². The molecular weight excluding hydrogens is 316 g/mol. The molecule has 0 aliphatic heterocycles. The molecule has 1 heteroatoms. The Labute approximate surface area is 157 Å². The first kappa shape index (κ1) is 18.7. The number of allylic oxidation sites excluding steroid dienone is 4. The van der Waals surface area contributed by atoms with Crippen molar-refractivity contribution < 1.29 is 0 Å². The van der Waals surface area contributed by atoms with Crippen LogP contribution in [0.2, 0.25) is 6.04 Å². The molecule has 2 aliphatic rings. The average Bonchev–Trinajstić information content (AvgIpc) is 2.77. The summed E-state index contributed by atoms with van der Waals surface area (Å²) in [4.78, 5) is 0. The Kier molecular flexibility index (Phi) is 6.04. The monoisotopic (exact) mass is 352 g/mol. The van der Waals surface area contributed by atoms with Gasteiger partial charge < -0.3 is 0 Å². The molecule has 1 aromatic carbocycles. The van der Waals surface area contributed by atoms with Crippen molar-refractivity contribution in [3.05, 3.63) is 51.6 Å². The van der Waals surface area contributed by atoms with E-state index in [4.69, 9.17) is 0 Å². The van der Waals surface area contributed by atoms with Crippen LogP contribution in [0.5, 0.6) is 0 Å². The summed E-state index contributed by atoms with van der Waals surface area (Å²) in [5.41, 5.74) is 9.62. The smallest absolute Gasteiger partial charge is 0.0556 e. The second kappa shape index (κ2) is 8.08. The fourth-order valence-corrected chi connectivity index (χ4v) is 7.57. The van der Waals surface area contributed by atoms with Gasteiger partial charge in [0.05, 0.1) is 9.52 Å². The molecule has 0 heterocycles. The Balaban J connectivity index is 1.72. The van der Waals surface area contributed by atoms with Crippen LogP contribution in [-0.4, -0.2) is 9.52 Å². The molecular formula is C24H36Si. The van der Waals surface area contributed by atoms with Gasteiger partial charge in [0, 0.05) is 0 Å². The molecule has 0 spiro atoms. The van der Waals surface area contributed by atoms with Crippen LogP contribution in [0.3, 0.4) is 0 Å². The SMILES string of the molecule is CC1=C(C)C(C[SiH2]c2cc(C)cc(C)c2)C(CC2CCCCC2)=C1C. The molecule has 0 amide bonds. The first-order chi connectivity index (χ1) is 12.0. The molecule has 1 fully saturated rings. The summed E-state index contributed by atoms with van der Waals surface area (Å²) >= 11 is 0. The Morgan fingerprint density at radius 3 is 2.12 bits per heavy atom. The molecule has 0 bridgehead atoms. The molecule has 3 rings (SSSR count). The van der Waals surface area contributed by atoms with Gasteiger partial charge in [-0.25, -0.2) is 0 Å². The zero-order valence-electron chi connectivity index (χ0n) is 17.0. The molecule has 0 nitrogen and oxygen atoms in total. The topological polar surface area (TPSA) is 0 Å². The van der Waals surface area contributed by atoms with Crippen molar-refractivity contribution >= 4 is 14.7 Å². The molecule has 1 unspecified atom stereocenters. The van der Waals surface area contributed by atoms with Crippen molar-refractivity contribution in [1.29, 1.82) is 0 Å². The molecule has 25 heavy (non-hydrogen) atoms. The number of aryl methyl sites for hydroxylation is 2. The summed E-state index contributed by atoms with van der Waals surface area (Å²) in [6, 6.07) is 8.61. The predicted octanol–water partition coefficient (Wildman–Crippen LogP) is 5.77. The number of hydrogen-bond donors (Lipinski definition) is 0. The van der Waals surface area contributed by atoms with E-state index in [0.29, 0.717) is 0 Å². The Hall–Kier alpha value is -1.08. The standard InChI is InChI=1S/C24H36Si/c1-16-11-17(2)13-22(12-16)25-15-24-20(5)18(3)19(4)23(24)14-21-9-7-6-8-10-21/h11-13,21,24H,6-10,14-15,25H2,1-5H3. The Morgan fingerprint density at radius 1 is 0.840 bits per heavy atom. The summed E-state index contributed by atoms with van der Waals surface area (Å²) in [6.45, 7) is 11.7. The molecule has 0 saturated heterocycles. The van der Waals surface area contributed by atoms with Gasteiger partial charge >= 0.3 is 0 Å². The van der Waals surface area contributed by atoms with Crippen LogP contribution in [0.1, 0.15) is 70.4 Å². The van der Waals surface area contributed by atoms with E-state index in [1.54, 1.807) is 21.9 Å². The highest BCUT2D eigenvalue weighted by Crippen LogP contribution is 2.43. The zero-order valence-corrected chi connectivity index (χ0v) is 18.5. The third kappa shape index (κ3) is 4.37. The maximum absolute atomic E-state index is 2.44. The lowest BCUT2D eigenvalue weighted by Crippen LogP contribution is -2.20. The zero-order chi connectivity index (χ0) is 18.0. The van der Waals surface area contributed by atoms with Gasteiger partial charge in [0.15, 0.2) is 0 Å². The largest absolute Gasteiger partial charge is 0.0664 e. The van der Waals surface area contributed by atoms with Crippen LogP contribution < -0.4 is 5.19 Å². The highest BCUT2D eigenvalue weighted by atomic mass is 28.2. The van der Waals surface area contributed by atoms with E-state index in [0.717, 1.165) is 11.8 Å². The van der Waals surface area contributed by atoms with Gasteiger partial charge in [-0.15, -0.1) is 0 Å². The second-order valence-electron chi connectivity index (χ2n) is 8.75. The van der Waals surface area contributed by atoms with E-state index in [2.05, 4.69) is 52.8 Å². The summed E-state index contributed by atoms with van der Waals surface area (Å²) < 4.78 is 0. The molecule has 1 saturated carbocycles. The summed E-state index contributed by atoms with van der Waals surface area (Å²) in [5, 5.41) is 1.66. The predicted molar refractivity (Wildman–Crippen MR) is 115 cm³/mol. The van der Waals surface area contributed by atoms with E-state index in [1.807, 2.05) is 5.57 Å². The normalized spacial score (nSPS) is 22.7. The minimum absolute atomic E-state index is 0.199. The summed E-state index contributed by atoms with van der Waals surface area (Å²) in [6.07, 6.45) is 8.71. The average molecular weight is 353 g/mol. The van der Waals surface area contributed by atoms with Crippen LogP contribution in [0, 0.1) is 25.7 Å². The van der Waals surface area contributed by atoms with Crippen LogP contribution >= 0.6 is 0 Å². The third-order valence-corrected chi connectivity index (χ3v) is 8.67. The van der Waals surface area contributed by atoms with Gasteiger partial charge in [-0.2, -0.15) is 0 Å². The molecule has 1 atom stereocenters. The Morgan fingerprint density at radius 2 is 1.48 bits per heavy atom. The fraction of sp³-hybridized carbons (Fsp3) is 0.583. The summed E-state index contributed by atoms with van der Waals surface area (Å²) in [7, 11) is -0.199. The van der Waals surface area contributed by atoms with Gasteiger partial charge in [-0.05, 0) is 70.1 Å². The molecule has 0 N–H and O–H groups in total. The van der Waals surface area contributed by atoms with Gasteiger partial charge in [0.2, 0.25) is 0 Å². The second-order valence-corrected chi connectivity index (χ2v) is 10.6. The van der Waals surface area contributed by atoms with Crippen LogP contribution in [0.4, 0.5) is 0 Å². The van der Waals surface area contributed by atoms with Gasteiger partial charge in [-0.3, -0.25) is 0 Å². The van der Waals surface area contributed by atoms with Crippen molar-refractivity contribution in [2.24, 2.45) is 11.8 Å². The maximum atomic E-state index is 2.44. The van der Waals surface area contributed by atoms with E-state index in [1.165, 1.54) is 55.7 Å². The molecule has 0 aromatic heterocycles. The van der Waals surface area contributed by atoms with Gasteiger partial charge in [0.1, 0.15) is 0 Å². The minimum Gasteiger partial charge on any atom is -0.0664 e. The number of hydrogen-bond acceptors (Lipinski definition) is 0. The van der Waals surface area contributed by atoms with Crippen molar-refractivity contribution in [3.8, 4) is 0 Å². The van der Waals surface area contributed by atoms with E-state index in [9.17, 15) is 0 Å². The number of benzene rings is 1. The first-order valence-electron chi connectivity index (χ1n) is 10.4. The molecule has 0 radical (unpaired) electrons. The van der Waals surface area contributed by atoms with Crippen molar-refractivity contribution in [1.82, 2.24) is 0 Å². The van der Waals surface area contributed by atoms with Crippen LogP contribution in [-0.2, 0) is 0 Å². The van der Waals surface area contributed by atoms with Gasteiger partial charge in [-0.1, -0.05) is 77.8 Å². The fourth-order valence-electron chi connectivity index (χ4n) is 5.23. The first-order valence-corrected chi connectivity index (χ1v) is 12.1. The Bertz CT molecular complexity index is 666. The maximum Gasteiger partial charge on any atom is 0.0556 e. The molecule has 2 aliphatic carbocycles. The van der Waals surface area contributed by atoms with Crippen molar-refractivity contribution in [2.45, 2.75) is 79.2 Å².